The zero-order valence-electron chi connectivity index (χ0n) is 11.3. The molecule has 5 heteroatoms. The molecule has 1 N–H and O–H groups in total. The molecule has 2 aromatic rings. The molecule has 0 heterocycles. The Morgan fingerprint density at radius 1 is 1.10 bits per heavy atom. The van der Waals surface area contributed by atoms with Gasteiger partial charge in [-0.3, -0.25) is 4.79 Å². The molecule has 0 aliphatic rings. The Kier molecular flexibility index (Phi) is 6.26. The first kappa shape index (κ1) is 16.0. The zero-order valence-corrected chi connectivity index (χ0v) is 14.5. The number of nitrogens with one attached hydrogen (secondary N) is 1. The molecule has 3 nitrogen and oxygen atoms in total. The van der Waals surface area contributed by atoms with Gasteiger partial charge in [-0.2, -0.15) is 0 Å². The van der Waals surface area contributed by atoms with Crippen LogP contribution in [0.4, 0.5) is 5.69 Å². The Morgan fingerprint density at radius 2 is 1.86 bits per heavy atom. The van der Waals surface area contributed by atoms with Gasteiger partial charge >= 0.3 is 0 Å². The molecule has 0 saturated heterocycles. The van der Waals surface area contributed by atoms with E-state index in [1.54, 1.807) is 0 Å². The minimum absolute atomic E-state index is 0.0227. The standard InChI is InChI=1S/C16H15Br2NO2/c17-12-8-9-14(18)15(11-12)19-16(20)7-4-10-21-13-5-2-1-3-6-13/h1-3,5-6,8-9,11H,4,7,10H2,(H,19,20). The Labute approximate surface area is 141 Å². The van der Waals surface area contributed by atoms with Crippen LogP contribution in [0.5, 0.6) is 5.75 Å². The number of carbonyl (C=O) groups excluding carboxylic acids is 1. The topological polar surface area (TPSA) is 38.3 Å². The monoisotopic (exact) mass is 411 g/mol. The van der Waals surface area contributed by atoms with Crippen LogP contribution in [0.25, 0.3) is 0 Å². The molecule has 0 atom stereocenters. The van der Waals surface area contributed by atoms with Gasteiger partial charge in [0.15, 0.2) is 0 Å². The molecule has 2 aromatic carbocycles. The Hall–Kier alpha value is -1.33. The summed E-state index contributed by atoms with van der Waals surface area (Å²) >= 11 is 6.79. The molecule has 1 amide bonds. The molecule has 0 aliphatic carbocycles. The van der Waals surface area contributed by atoms with E-state index in [9.17, 15) is 4.79 Å². The molecule has 0 aliphatic heterocycles. The summed E-state index contributed by atoms with van der Waals surface area (Å²) in [6, 6.07) is 15.3. The number of ether oxygens (including phenoxy) is 1. The van der Waals surface area contributed by atoms with E-state index in [4.69, 9.17) is 4.74 Å². The number of hydrogen-bond acceptors (Lipinski definition) is 2. The van der Waals surface area contributed by atoms with Crippen LogP contribution in [0.3, 0.4) is 0 Å². The van der Waals surface area contributed by atoms with Gasteiger partial charge in [-0.1, -0.05) is 34.1 Å². The van der Waals surface area contributed by atoms with E-state index < -0.39 is 0 Å². The SMILES string of the molecule is O=C(CCCOc1ccccc1)Nc1cc(Br)ccc1Br. The van der Waals surface area contributed by atoms with Gasteiger partial charge in [0.1, 0.15) is 5.75 Å². The highest BCUT2D eigenvalue weighted by molar-refractivity contribution is 9.11. The maximum absolute atomic E-state index is 11.9. The molecule has 0 aromatic heterocycles. The lowest BCUT2D eigenvalue weighted by Gasteiger charge is -2.08. The highest BCUT2D eigenvalue weighted by Crippen LogP contribution is 2.26. The van der Waals surface area contributed by atoms with E-state index in [0.29, 0.717) is 19.4 Å². The lowest BCUT2D eigenvalue weighted by atomic mass is 10.2. The number of rotatable bonds is 6. The first-order chi connectivity index (χ1) is 10.1. The molecular formula is C16H15Br2NO2. The molecule has 0 spiro atoms. The fraction of sp³-hybridized carbons (Fsp3) is 0.188. The van der Waals surface area contributed by atoms with Crippen LogP contribution in [0, 0.1) is 0 Å². The van der Waals surface area contributed by atoms with Crippen molar-refractivity contribution < 1.29 is 9.53 Å². The Bertz CT molecular complexity index is 602. The molecule has 0 fully saturated rings. The molecular weight excluding hydrogens is 398 g/mol. The van der Waals surface area contributed by atoms with Gasteiger partial charge in [-0.05, 0) is 52.7 Å². The number of hydrogen-bond donors (Lipinski definition) is 1. The third-order valence-electron chi connectivity index (χ3n) is 2.76. The maximum Gasteiger partial charge on any atom is 0.224 e. The van der Waals surface area contributed by atoms with Crippen molar-refractivity contribution in [3.8, 4) is 5.75 Å². The first-order valence-corrected chi connectivity index (χ1v) is 8.16. The molecule has 0 saturated carbocycles. The number of para-hydroxylation sites is 1. The number of anilines is 1. The summed E-state index contributed by atoms with van der Waals surface area (Å²) in [4.78, 5) is 11.9. The zero-order chi connectivity index (χ0) is 15.1. The lowest BCUT2D eigenvalue weighted by molar-refractivity contribution is -0.116. The first-order valence-electron chi connectivity index (χ1n) is 6.58. The smallest absolute Gasteiger partial charge is 0.224 e. The normalized spacial score (nSPS) is 10.2. The fourth-order valence-electron chi connectivity index (χ4n) is 1.75. The predicted molar refractivity (Wildman–Crippen MR) is 91.6 cm³/mol. The van der Waals surface area contributed by atoms with Crippen molar-refractivity contribution in [2.45, 2.75) is 12.8 Å². The van der Waals surface area contributed by atoms with Gasteiger partial charge in [0.2, 0.25) is 5.91 Å². The van der Waals surface area contributed by atoms with Crippen LogP contribution in [-0.2, 0) is 4.79 Å². The predicted octanol–water partition coefficient (Wildman–Crippen LogP) is 5.01. The van der Waals surface area contributed by atoms with Gasteiger partial charge in [0.05, 0.1) is 12.3 Å². The van der Waals surface area contributed by atoms with E-state index >= 15 is 0 Å². The van der Waals surface area contributed by atoms with Crippen LogP contribution < -0.4 is 10.1 Å². The summed E-state index contributed by atoms with van der Waals surface area (Å²) in [6.45, 7) is 0.525. The van der Waals surface area contributed by atoms with Crippen molar-refractivity contribution in [2.24, 2.45) is 0 Å². The number of benzene rings is 2. The summed E-state index contributed by atoms with van der Waals surface area (Å²) in [5.41, 5.74) is 0.762. The number of halogens is 2. The Morgan fingerprint density at radius 3 is 2.62 bits per heavy atom. The van der Waals surface area contributed by atoms with Gasteiger partial charge in [0.25, 0.3) is 0 Å². The maximum atomic E-state index is 11.9. The van der Waals surface area contributed by atoms with Crippen LogP contribution in [0.15, 0.2) is 57.5 Å². The highest BCUT2D eigenvalue weighted by atomic mass is 79.9. The summed E-state index contributed by atoms with van der Waals surface area (Å²) < 4.78 is 7.34. The fourth-order valence-corrected chi connectivity index (χ4v) is 2.45. The van der Waals surface area contributed by atoms with E-state index in [1.165, 1.54) is 0 Å². The van der Waals surface area contributed by atoms with Gasteiger partial charge < -0.3 is 10.1 Å². The summed E-state index contributed by atoms with van der Waals surface area (Å²) in [7, 11) is 0. The second-order valence-electron chi connectivity index (χ2n) is 4.44. The van der Waals surface area contributed by atoms with Crippen LogP contribution in [0.2, 0.25) is 0 Å². The minimum Gasteiger partial charge on any atom is -0.494 e. The number of carbonyl (C=O) groups is 1. The van der Waals surface area contributed by atoms with Crippen molar-refractivity contribution >= 4 is 43.5 Å². The third kappa shape index (κ3) is 5.52. The van der Waals surface area contributed by atoms with Gasteiger partial charge in [-0.25, -0.2) is 0 Å². The van der Waals surface area contributed by atoms with Crippen molar-refractivity contribution in [1.82, 2.24) is 0 Å². The Balaban J connectivity index is 1.74. The van der Waals surface area contributed by atoms with Gasteiger partial charge in [-0.15, -0.1) is 0 Å². The van der Waals surface area contributed by atoms with Crippen molar-refractivity contribution in [2.75, 3.05) is 11.9 Å². The van der Waals surface area contributed by atoms with Crippen LogP contribution >= 0.6 is 31.9 Å². The average molecular weight is 413 g/mol. The van der Waals surface area contributed by atoms with Crippen molar-refractivity contribution in [3.63, 3.8) is 0 Å². The quantitative estimate of drug-likeness (QED) is 0.677. The average Bonchev–Trinajstić information content (AvgIpc) is 2.48. The molecule has 2 rings (SSSR count). The second-order valence-corrected chi connectivity index (χ2v) is 6.21. The van der Waals surface area contributed by atoms with Crippen molar-refractivity contribution in [3.05, 3.63) is 57.5 Å². The number of amides is 1. The molecule has 21 heavy (non-hydrogen) atoms. The van der Waals surface area contributed by atoms with Crippen LogP contribution in [0.1, 0.15) is 12.8 Å². The molecule has 0 unspecified atom stereocenters. The summed E-state index contributed by atoms with van der Waals surface area (Å²) in [5, 5.41) is 2.88. The van der Waals surface area contributed by atoms with E-state index in [1.807, 2.05) is 48.5 Å². The van der Waals surface area contributed by atoms with Crippen LogP contribution in [-0.4, -0.2) is 12.5 Å². The minimum atomic E-state index is -0.0227. The van der Waals surface area contributed by atoms with E-state index in [0.717, 1.165) is 20.4 Å². The van der Waals surface area contributed by atoms with E-state index in [2.05, 4.69) is 37.2 Å². The summed E-state index contributed by atoms with van der Waals surface area (Å²) in [5.74, 6) is 0.804. The molecule has 110 valence electrons. The molecule has 0 radical (unpaired) electrons. The summed E-state index contributed by atoms with van der Waals surface area (Å²) in [6.07, 6.45) is 1.10. The van der Waals surface area contributed by atoms with E-state index in [-0.39, 0.29) is 5.91 Å². The van der Waals surface area contributed by atoms with Gasteiger partial charge in [0, 0.05) is 15.4 Å². The second kappa shape index (κ2) is 8.20. The third-order valence-corrected chi connectivity index (χ3v) is 3.95. The lowest BCUT2D eigenvalue weighted by Crippen LogP contribution is -2.13. The molecule has 0 bridgehead atoms. The highest BCUT2D eigenvalue weighted by Gasteiger charge is 2.06. The largest absolute Gasteiger partial charge is 0.494 e. The van der Waals surface area contributed by atoms with Crippen molar-refractivity contribution in [1.29, 1.82) is 0 Å².